The summed E-state index contributed by atoms with van der Waals surface area (Å²) < 4.78 is 6.31. The third kappa shape index (κ3) is 3.12. The van der Waals surface area contributed by atoms with Gasteiger partial charge in [-0.05, 0) is 13.0 Å². The van der Waals surface area contributed by atoms with E-state index in [-0.39, 0.29) is 12.2 Å². The van der Waals surface area contributed by atoms with E-state index in [0.717, 1.165) is 11.1 Å². The average molecular weight is 274 g/mol. The predicted octanol–water partition coefficient (Wildman–Crippen LogP) is 1.36. The lowest BCUT2D eigenvalue weighted by atomic mass is 10.1. The molecule has 0 unspecified atom stereocenters. The molecule has 2 aromatic rings. The lowest BCUT2D eigenvalue weighted by molar-refractivity contribution is 0.181. The van der Waals surface area contributed by atoms with Crippen molar-refractivity contribution in [2.24, 2.45) is 0 Å². The second-order valence-electron chi connectivity index (χ2n) is 4.60. The first kappa shape index (κ1) is 14.4. The van der Waals surface area contributed by atoms with Crippen molar-refractivity contribution in [2.45, 2.75) is 20.1 Å². The van der Waals surface area contributed by atoms with Crippen LogP contribution in [0.15, 0.2) is 35.1 Å². The van der Waals surface area contributed by atoms with Gasteiger partial charge < -0.3 is 9.84 Å². The number of aliphatic hydroxyl groups is 1. The molecule has 0 aliphatic carbocycles. The van der Waals surface area contributed by atoms with E-state index in [0.29, 0.717) is 24.4 Å². The van der Waals surface area contributed by atoms with Crippen LogP contribution in [0.2, 0.25) is 0 Å². The molecule has 0 saturated heterocycles. The van der Waals surface area contributed by atoms with E-state index in [4.69, 9.17) is 4.74 Å². The number of rotatable bonds is 5. The fourth-order valence-corrected chi connectivity index (χ4v) is 1.90. The molecular formula is C15H18N2O3. The zero-order valence-corrected chi connectivity index (χ0v) is 11.7. The molecule has 1 N–H and O–H groups in total. The Bertz CT molecular complexity index is 633. The highest BCUT2D eigenvalue weighted by molar-refractivity contribution is 5.59. The summed E-state index contributed by atoms with van der Waals surface area (Å²) >= 11 is 0. The van der Waals surface area contributed by atoms with Crippen LogP contribution in [0.1, 0.15) is 11.1 Å². The number of nitrogens with zero attached hydrogens (tertiary/aromatic N) is 2. The van der Waals surface area contributed by atoms with Crippen molar-refractivity contribution in [1.82, 2.24) is 9.78 Å². The smallest absolute Gasteiger partial charge is 0.272 e. The highest BCUT2D eigenvalue weighted by atomic mass is 16.5. The van der Waals surface area contributed by atoms with E-state index in [9.17, 15) is 9.90 Å². The summed E-state index contributed by atoms with van der Waals surface area (Å²) in [5, 5.41) is 13.6. The second kappa shape index (κ2) is 6.45. The van der Waals surface area contributed by atoms with Gasteiger partial charge in [-0.1, -0.05) is 29.8 Å². The normalized spacial score (nSPS) is 10.8. The third-order valence-corrected chi connectivity index (χ3v) is 3.07. The molecule has 0 aliphatic rings. The van der Waals surface area contributed by atoms with Crippen LogP contribution in [0.5, 0.6) is 0 Å². The molecule has 106 valence electrons. The summed E-state index contributed by atoms with van der Waals surface area (Å²) in [7, 11) is 1.57. The molecule has 20 heavy (non-hydrogen) atoms. The van der Waals surface area contributed by atoms with Crippen LogP contribution in [0.25, 0.3) is 11.3 Å². The van der Waals surface area contributed by atoms with Gasteiger partial charge in [-0.3, -0.25) is 4.79 Å². The van der Waals surface area contributed by atoms with Crippen LogP contribution >= 0.6 is 0 Å². The van der Waals surface area contributed by atoms with Crippen molar-refractivity contribution in [3.8, 4) is 11.3 Å². The number of methoxy groups -OCH3 is 1. The molecule has 0 radical (unpaired) electrons. The molecule has 5 heteroatoms. The number of aryl methyl sites for hydroxylation is 1. The van der Waals surface area contributed by atoms with Gasteiger partial charge in [0.1, 0.15) is 0 Å². The number of benzene rings is 1. The molecule has 5 nitrogen and oxygen atoms in total. The van der Waals surface area contributed by atoms with E-state index in [1.54, 1.807) is 13.2 Å². The molecule has 0 saturated carbocycles. The first-order valence-electron chi connectivity index (χ1n) is 6.43. The summed E-state index contributed by atoms with van der Waals surface area (Å²) in [5.41, 5.74) is 2.80. The highest BCUT2D eigenvalue weighted by Crippen LogP contribution is 2.17. The molecule has 1 aromatic carbocycles. The molecule has 0 fully saturated rings. The highest BCUT2D eigenvalue weighted by Gasteiger charge is 2.09. The minimum atomic E-state index is -0.298. The lowest BCUT2D eigenvalue weighted by Crippen LogP contribution is -2.28. The van der Waals surface area contributed by atoms with Crippen molar-refractivity contribution < 1.29 is 9.84 Å². The third-order valence-electron chi connectivity index (χ3n) is 3.07. The summed E-state index contributed by atoms with van der Waals surface area (Å²) in [4.78, 5) is 12.0. The Kier molecular flexibility index (Phi) is 4.65. The number of hydrogen-bond donors (Lipinski definition) is 1. The van der Waals surface area contributed by atoms with Crippen LogP contribution in [-0.4, -0.2) is 28.6 Å². The summed E-state index contributed by atoms with van der Waals surface area (Å²) in [6, 6.07) is 9.50. The summed E-state index contributed by atoms with van der Waals surface area (Å²) in [5.74, 6) is 0. The van der Waals surface area contributed by atoms with Gasteiger partial charge in [-0.25, -0.2) is 4.68 Å². The Labute approximate surface area is 117 Å². The number of aliphatic hydroxyl groups excluding tert-OH is 1. The van der Waals surface area contributed by atoms with Crippen molar-refractivity contribution in [1.29, 1.82) is 0 Å². The van der Waals surface area contributed by atoms with Crippen LogP contribution in [0.4, 0.5) is 0 Å². The van der Waals surface area contributed by atoms with E-state index in [1.165, 1.54) is 4.68 Å². The monoisotopic (exact) mass is 274 g/mol. The molecular weight excluding hydrogens is 256 g/mol. The largest absolute Gasteiger partial charge is 0.391 e. The van der Waals surface area contributed by atoms with Gasteiger partial charge in [-0.15, -0.1) is 0 Å². The molecule has 0 bridgehead atoms. The van der Waals surface area contributed by atoms with Gasteiger partial charge in [0.25, 0.3) is 5.56 Å². The Morgan fingerprint density at radius 2 is 2.00 bits per heavy atom. The van der Waals surface area contributed by atoms with Crippen LogP contribution in [0, 0.1) is 6.92 Å². The van der Waals surface area contributed by atoms with E-state index < -0.39 is 0 Å². The Hall–Kier alpha value is -1.98. The fraction of sp³-hybridized carbons (Fsp3) is 0.333. The minimum Gasteiger partial charge on any atom is -0.391 e. The van der Waals surface area contributed by atoms with E-state index in [1.807, 2.05) is 31.2 Å². The first-order chi connectivity index (χ1) is 9.65. The molecule has 0 spiro atoms. The predicted molar refractivity (Wildman–Crippen MR) is 76.5 cm³/mol. The van der Waals surface area contributed by atoms with Gasteiger partial charge in [-0.2, -0.15) is 5.10 Å². The zero-order valence-electron chi connectivity index (χ0n) is 11.7. The van der Waals surface area contributed by atoms with Crippen molar-refractivity contribution in [2.75, 3.05) is 13.7 Å². The molecule has 1 aromatic heterocycles. The molecule has 2 rings (SSSR count). The van der Waals surface area contributed by atoms with Gasteiger partial charge in [0.15, 0.2) is 0 Å². The summed E-state index contributed by atoms with van der Waals surface area (Å²) in [6.45, 7) is 2.47. The molecule has 0 amide bonds. The van der Waals surface area contributed by atoms with Crippen molar-refractivity contribution in [3.05, 3.63) is 51.8 Å². The summed E-state index contributed by atoms with van der Waals surface area (Å²) in [6.07, 6.45) is 0. The van der Waals surface area contributed by atoms with Crippen molar-refractivity contribution >= 4 is 0 Å². The number of hydrogen-bond acceptors (Lipinski definition) is 4. The zero-order chi connectivity index (χ0) is 14.5. The lowest BCUT2D eigenvalue weighted by Gasteiger charge is -2.09. The van der Waals surface area contributed by atoms with Crippen LogP contribution in [-0.2, 0) is 17.9 Å². The Morgan fingerprint density at radius 1 is 1.30 bits per heavy atom. The van der Waals surface area contributed by atoms with E-state index in [2.05, 4.69) is 5.10 Å². The number of ether oxygens (including phenoxy) is 1. The molecule has 0 aliphatic heterocycles. The van der Waals surface area contributed by atoms with Crippen LogP contribution in [0.3, 0.4) is 0 Å². The maximum absolute atomic E-state index is 12.0. The molecule has 1 heterocycles. The van der Waals surface area contributed by atoms with Crippen molar-refractivity contribution in [3.63, 3.8) is 0 Å². The Balaban J connectivity index is 2.47. The average Bonchev–Trinajstić information content (AvgIpc) is 2.47. The van der Waals surface area contributed by atoms with Gasteiger partial charge in [0, 0.05) is 18.2 Å². The quantitative estimate of drug-likeness (QED) is 0.894. The second-order valence-corrected chi connectivity index (χ2v) is 4.60. The van der Waals surface area contributed by atoms with E-state index >= 15 is 0 Å². The van der Waals surface area contributed by atoms with Gasteiger partial charge >= 0.3 is 0 Å². The maximum atomic E-state index is 12.0. The first-order valence-corrected chi connectivity index (χ1v) is 6.43. The maximum Gasteiger partial charge on any atom is 0.272 e. The van der Waals surface area contributed by atoms with Crippen LogP contribution < -0.4 is 5.56 Å². The number of aromatic nitrogens is 2. The fourth-order valence-electron chi connectivity index (χ4n) is 1.90. The Morgan fingerprint density at radius 3 is 2.60 bits per heavy atom. The SMILES string of the molecule is COCCn1nc(-c2ccc(C)cc2)cc(CO)c1=O. The topological polar surface area (TPSA) is 64.3 Å². The van der Waals surface area contributed by atoms with Gasteiger partial charge in [0.05, 0.1) is 25.5 Å². The standard InChI is InChI=1S/C15H18N2O3/c1-11-3-5-12(6-4-11)14-9-13(10-18)15(19)17(16-14)7-8-20-2/h3-6,9,18H,7-8,10H2,1-2H3. The van der Waals surface area contributed by atoms with Gasteiger partial charge in [0.2, 0.25) is 0 Å². The minimum absolute atomic E-state index is 0.277. The molecule has 0 atom stereocenters.